The molecule has 128 valence electrons. The number of aromatic amines is 1. The molecular weight excluding hydrogens is 356 g/mol. The van der Waals surface area contributed by atoms with Crippen molar-refractivity contribution in [1.29, 1.82) is 0 Å². The molecule has 0 amide bonds. The number of hydrogen-bond donors (Lipinski definition) is 3. The topological polar surface area (TPSA) is 77.1 Å². The highest BCUT2D eigenvalue weighted by Crippen LogP contribution is 2.30. The number of aliphatic hydroxyl groups is 1. The van der Waals surface area contributed by atoms with E-state index in [-0.39, 0.29) is 11.3 Å². The van der Waals surface area contributed by atoms with Gasteiger partial charge in [-0.1, -0.05) is 5.21 Å². The monoisotopic (exact) mass is 371 g/mol. The van der Waals surface area contributed by atoms with Crippen molar-refractivity contribution in [2.75, 3.05) is 29.5 Å². The van der Waals surface area contributed by atoms with Crippen molar-refractivity contribution in [3.8, 4) is 0 Å². The summed E-state index contributed by atoms with van der Waals surface area (Å²) in [5.41, 5.74) is 0.585. The summed E-state index contributed by atoms with van der Waals surface area (Å²) in [7, 11) is 0. The zero-order chi connectivity index (χ0) is 17.1. The number of halogens is 2. The van der Waals surface area contributed by atoms with Gasteiger partial charge in [0.2, 0.25) is 0 Å². The number of anilines is 1. The number of nitrogens with one attached hydrogen (secondary N) is 2. The maximum absolute atomic E-state index is 14.6. The molecule has 1 atom stereocenters. The summed E-state index contributed by atoms with van der Waals surface area (Å²) in [6.07, 6.45) is 1.46. The van der Waals surface area contributed by atoms with Crippen molar-refractivity contribution in [1.82, 2.24) is 20.7 Å². The van der Waals surface area contributed by atoms with E-state index in [4.69, 9.17) is 0 Å². The lowest BCUT2D eigenvalue weighted by Gasteiger charge is -2.29. The molecule has 1 aliphatic rings. The summed E-state index contributed by atoms with van der Waals surface area (Å²) >= 11 is 6.39. The zero-order valence-corrected chi connectivity index (χ0v) is 14.1. The van der Waals surface area contributed by atoms with E-state index in [0.29, 0.717) is 18.8 Å². The van der Waals surface area contributed by atoms with Gasteiger partial charge in [0.05, 0.1) is 0 Å². The van der Waals surface area contributed by atoms with E-state index in [1.54, 1.807) is 16.7 Å². The van der Waals surface area contributed by atoms with Crippen LogP contribution in [0.1, 0.15) is 17.3 Å². The minimum atomic E-state index is -0.809. The molecule has 1 aliphatic heterocycles. The third-order valence-corrected chi connectivity index (χ3v) is 4.76. The molecular formula is C14H15F2N5OS2. The van der Waals surface area contributed by atoms with Crippen molar-refractivity contribution in [3.05, 3.63) is 41.2 Å². The van der Waals surface area contributed by atoms with Crippen molar-refractivity contribution in [2.45, 2.75) is 6.04 Å². The van der Waals surface area contributed by atoms with Crippen LogP contribution in [0, 0.1) is 11.6 Å². The number of benzene rings is 1. The molecule has 1 fully saturated rings. The van der Waals surface area contributed by atoms with Crippen LogP contribution in [0.4, 0.5) is 14.5 Å². The molecule has 0 bridgehead atoms. The van der Waals surface area contributed by atoms with Gasteiger partial charge in [0.15, 0.2) is 0 Å². The molecule has 24 heavy (non-hydrogen) atoms. The number of H-pyrrole nitrogens is 1. The van der Waals surface area contributed by atoms with Crippen molar-refractivity contribution < 1.29 is 13.9 Å². The summed E-state index contributed by atoms with van der Waals surface area (Å²) in [4.78, 5) is 1.71. The highest BCUT2D eigenvalue weighted by Gasteiger charge is 2.24. The maximum atomic E-state index is 14.6. The third-order valence-electron chi connectivity index (χ3n) is 3.70. The second kappa shape index (κ2) is 7.31. The molecule has 1 unspecified atom stereocenters. The van der Waals surface area contributed by atoms with E-state index in [0.717, 1.165) is 11.5 Å². The predicted molar refractivity (Wildman–Crippen MR) is 92.5 cm³/mol. The summed E-state index contributed by atoms with van der Waals surface area (Å²) in [6, 6.07) is 1.64. The second-order valence-corrected chi connectivity index (χ2v) is 6.82. The fraction of sp³-hybridized carbons (Fsp3) is 0.357. The first-order valence-electron chi connectivity index (χ1n) is 7.23. The minimum absolute atomic E-state index is 0.0236. The van der Waals surface area contributed by atoms with Crippen LogP contribution in [0.25, 0.3) is 0 Å². The molecule has 1 aromatic carbocycles. The molecule has 0 spiro atoms. The van der Waals surface area contributed by atoms with Crippen LogP contribution in [0.2, 0.25) is 0 Å². The lowest BCUT2D eigenvalue weighted by Crippen LogP contribution is -2.34. The zero-order valence-electron chi connectivity index (χ0n) is 12.5. The van der Waals surface area contributed by atoms with Crippen molar-refractivity contribution in [3.63, 3.8) is 0 Å². The largest absolute Gasteiger partial charge is 0.487 e. The molecule has 0 radical (unpaired) electrons. The first-order chi connectivity index (χ1) is 11.6. The standard InChI is InChI=1S/C14H15F2N5OS2/c15-9-5-8(12(18-14(22)23)11-7-17-20-19-11)6-10(16)13(9)21-1-3-24-4-2-21/h5-7,12H,1-4H2,(H,17,19,20)(H2,18,22,23). The van der Waals surface area contributed by atoms with Crippen LogP contribution in [-0.2, 0) is 0 Å². The second-order valence-electron chi connectivity index (χ2n) is 5.21. The Morgan fingerprint density at radius 2 is 2.00 bits per heavy atom. The summed E-state index contributed by atoms with van der Waals surface area (Å²) in [5.74, 6) is 0.359. The van der Waals surface area contributed by atoms with Crippen LogP contribution in [0.5, 0.6) is 0 Å². The molecule has 1 saturated heterocycles. The number of hydrogen-bond acceptors (Lipinski definition) is 5. The van der Waals surface area contributed by atoms with Gasteiger partial charge in [-0.3, -0.25) is 5.10 Å². The molecule has 2 heterocycles. The van der Waals surface area contributed by atoms with E-state index >= 15 is 0 Å². The summed E-state index contributed by atoms with van der Waals surface area (Å²) in [6.45, 7) is 1.20. The van der Waals surface area contributed by atoms with Crippen molar-refractivity contribution >= 4 is 34.8 Å². The Morgan fingerprint density at radius 3 is 2.54 bits per heavy atom. The molecule has 0 saturated carbocycles. The highest BCUT2D eigenvalue weighted by atomic mass is 32.2. The van der Waals surface area contributed by atoms with Crippen LogP contribution >= 0.6 is 24.0 Å². The van der Waals surface area contributed by atoms with Crippen LogP contribution < -0.4 is 10.2 Å². The molecule has 3 rings (SSSR count). The molecule has 1 aromatic heterocycles. The van der Waals surface area contributed by atoms with E-state index in [2.05, 4.69) is 32.9 Å². The van der Waals surface area contributed by atoms with E-state index in [1.165, 1.54) is 18.3 Å². The Morgan fingerprint density at radius 1 is 1.33 bits per heavy atom. The quantitative estimate of drug-likeness (QED) is 0.711. The fourth-order valence-electron chi connectivity index (χ4n) is 2.64. The molecule has 6 nitrogen and oxygen atoms in total. The van der Waals surface area contributed by atoms with Crippen LogP contribution in [-0.4, -0.2) is 50.3 Å². The fourth-order valence-corrected chi connectivity index (χ4v) is 3.66. The van der Waals surface area contributed by atoms with E-state index < -0.39 is 22.9 Å². The molecule has 2 aromatic rings. The predicted octanol–water partition coefficient (Wildman–Crippen LogP) is 2.16. The number of rotatable bonds is 4. The van der Waals surface area contributed by atoms with Gasteiger partial charge in [-0.15, -0.1) is 5.10 Å². The Bertz CT molecular complexity index is 699. The summed E-state index contributed by atoms with van der Waals surface area (Å²) in [5, 5.41) is 21.3. The Kier molecular flexibility index (Phi) is 5.14. The van der Waals surface area contributed by atoms with Gasteiger partial charge < -0.3 is 15.3 Å². The van der Waals surface area contributed by atoms with Gasteiger partial charge in [0, 0.05) is 30.8 Å². The van der Waals surface area contributed by atoms with Gasteiger partial charge in [-0.25, -0.2) is 8.78 Å². The van der Waals surface area contributed by atoms with Gasteiger partial charge in [0.25, 0.3) is 5.17 Å². The van der Waals surface area contributed by atoms with Crippen LogP contribution in [0.15, 0.2) is 18.3 Å². The normalized spacial score (nSPS) is 16.0. The number of nitrogens with zero attached hydrogens (tertiary/aromatic N) is 3. The number of thioether (sulfide) groups is 1. The van der Waals surface area contributed by atoms with Crippen LogP contribution in [0.3, 0.4) is 0 Å². The molecule has 3 N–H and O–H groups in total. The van der Waals surface area contributed by atoms with Gasteiger partial charge >= 0.3 is 0 Å². The summed E-state index contributed by atoms with van der Waals surface area (Å²) < 4.78 is 29.2. The number of aromatic nitrogens is 3. The van der Waals surface area contributed by atoms with Gasteiger partial charge in [-0.2, -0.15) is 11.8 Å². The van der Waals surface area contributed by atoms with Gasteiger partial charge in [0.1, 0.15) is 29.1 Å². The van der Waals surface area contributed by atoms with E-state index in [9.17, 15) is 13.9 Å². The smallest absolute Gasteiger partial charge is 0.254 e. The first kappa shape index (κ1) is 16.9. The Hall–Kier alpha value is -1.94. The van der Waals surface area contributed by atoms with E-state index in [1.807, 2.05) is 0 Å². The lowest BCUT2D eigenvalue weighted by atomic mass is 10.0. The SMILES string of the molecule is OC(=S)NC(c1cc(F)c(N2CCSCC2)c(F)c1)c1c[nH]nn1. The maximum Gasteiger partial charge on any atom is 0.254 e. The van der Waals surface area contributed by atoms with Crippen molar-refractivity contribution in [2.24, 2.45) is 0 Å². The van der Waals surface area contributed by atoms with Gasteiger partial charge in [-0.05, 0) is 29.9 Å². The highest BCUT2D eigenvalue weighted by molar-refractivity contribution is 7.99. The Balaban J connectivity index is 1.96. The number of aliphatic hydroxyl groups excluding tert-OH is 1. The minimum Gasteiger partial charge on any atom is -0.487 e. The molecule has 0 aliphatic carbocycles. The first-order valence-corrected chi connectivity index (χ1v) is 8.80. The average molecular weight is 371 g/mol. The Labute approximate surface area is 146 Å². The average Bonchev–Trinajstić information content (AvgIpc) is 3.07. The third kappa shape index (κ3) is 3.59. The molecule has 10 heteroatoms. The lowest BCUT2D eigenvalue weighted by molar-refractivity contribution is 0.511. The number of thiocarbonyl (C=S) groups is 1.